The van der Waals surface area contributed by atoms with Gasteiger partial charge in [-0.3, -0.25) is 4.79 Å². The van der Waals surface area contributed by atoms with E-state index in [1.807, 2.05) is 24.3 Å². The summed E-state index contributed by atoms with van der Waals surface area (Å²) in [4.78, 5) is 15.7. The number of hydrogen-bond acceptors (Lipinski definition) is 3. The normalized spacial score (nSPS) is 10.1. The minimum atomic E-state index is -0.0797. The number of nitrogens with zero attached hydrogens (tertiary/aromatic N) is 1. The first kappa shape index (κ1) is 12.6. The molecule has 0 atom stereocenters. The van der Waals surface area contributed by atoms with Gasteiger partial charge in [0.05, 0.1) is 18.3 Å². The van der Waals surface area contributed by atoms with Crippen molar-refractivity contribution in [3.8, 4) is 0 Å². The van der Waals surface area contributed by atoms with Crippen LogP contribution in [0, 0.1) is 0 Å². The maximum Gasteiger partial charge on any atom is 0.228 e. The number of nitrogens with two attached hydrogens (primary N) is 1. The first-order chi connectivity index (χ1) is 8.63. The lowest BCUT2D eigenvalue weighted by atomic mass is 10.1. The maximum atomic E-state index is 11.8. The highest BCUT2D eigenvalue weighted by atomic mass is 79.9. The zero-order chi connectivity index (χ0) is 13.0. The zero-order valence-corrected chi connectivity index (χ0v) is 11.1. The van der Waals surface area contributed by atoms with E-state index in [1.165, 1.54) is 6.20 Å². The molecule has 0 fully saturated rings. The van der Waals surface area contributed by atoms with Crippen LogP contribution in [0.2, 0.25) is 0 Å². The summed E-state index contributed by atoms with van der Waals surface area (Å²) in [5.41, 5.74) is 7.07. The number of halogens is 1. The van der Waals surface area contributed by atoms with E-state index in [1.54, 1.807) is 12.1 Å². The van der Waals surface area contributed by atoms with Crippen molar-refractivity contribution >= 4 is 33.3 Å². The van der Waals surface area contributed by atoms with Crippen molar-refractivity contribution in [3.63, 3.8) is 0 Å². The molecule has 1 amide bonds. The number of pyridine rings is 1. The van der Waals surface area contributed by atoms with E-state index in [0.29, 0.717) is 17.9 Å². The van der Waals surface area contributed by atoms with Gasteiger partial charge >= 0.3 is 0 Å². The first-order valence-corrected chi connectivity index (χ1v) is 6.18. The van der Waals surface area contributed by atoms with Crippen LogP contribution < -0.4 is 11.1 Å². The summed E-state index contributed by atoms with van der Waals surface area (Å²) in [5.74, 6) is 0.352. The van der Waals surface area contributed by atoms with E-state index < -0.39 is 0 Å². The third-order valence-corrected chi connectivity index (χ3v) is 2.88. The van der Waals surface area contributed by atoms with Crippen molar-refractivity contribution in [1.82, 2.24) is 4.98 Å². The van der Waals surface area contributed by atoms with Crippen LogP contribution in [-0.4, -0.2) is 10.9 Å². The third-order valence-electron chi connectivity index (χ3n) is 2.35. The lowest BCUT2D eigenvalue weighted by Crippen LogP contribution is -2.14. The van der Waals surface area contributed by atoms with Gasteiger partial charge < -0.3 is 11.1 Å². The molecule has 18 heavy (non-hydrogen) atoms. The van der Waals surface area contributed by atoms with E-state index in [0.717, 1.165) is 10.0 Å². The van der Waals surface area contributed by atoms with E-state index in [-0.39, 0.29) is 5.91 Å². The number of carbonyl (C=O) groups excluding carboxylic acids is 1. The maximum absolute atomic E-state index is 11.8. The van der Waals surface area contributed by atoms with E-state index in [4.69, 9.17) is 5.73 Å². The van der Waals surface area contributed by atoms with Crippen LogP contribution in [0.3, 0.4) is 0 Å². The van der Waals surface area contributed by atoms with Crippen molar-refractivity contribution < 1.29 is 4.79 Å². The topological polar surface area (TPSA) is 68.0 Å². The van der Waals surface area contributed by atoms with E-state index in [2.05, 4.69) is 26.2 Å². The minimum absolute atomic E-state index is 0.0797. The van der Waals surface area contributed by atoms with Gasteiger partial charge in [0.15, 0.2) is 0 Å². The molecule has 5 heteroatoms. The molecule has 0 aliphatic heterocycles. The molecule has 0 bridgehead atoms. The van der Waals surface area contributed by atoms with Crippen LogP contribution in [0.15, 0.2) is 47.1 Å². The fourth-order valence-electron chi connectivity index (χ4n) is 1.47. The molecule has 0 spiro atoms. The molecule has 0 aliphatic carbocycles. The Balaban J connectivity index is 1.96. The average molecular weight is 306 g/mol. The lowest BCUT2D eigenvalue weighted by molar-refractivity contribution is -0.115. The average Bonchev–Trinajstić information content (AvgIpc) is 2.35. The van der Waals surface area contributed by atoms with Gasteiger partial charge in [-0.25, -0.2) is 4.98 Å². The molecule has 2 aromatic rings. The Hall–Kier alpha value is -1.88. The highest BCUT2D eigenvalue weighted by molar-refractivity contribution is 9.10. The van der Waals surface area contributed by atoms with Gasteiger partial charge in [0.1, 0.15) is 5.82 Å². The number of benzene rings is 1. The predicted octanol–water partition coefficient (Wildman–Crippen LogP) is 2.61. The monoisotopic (exact) mass is 305 g/mol. The van der Waals surface area contributed by atoms with Crippen LogP contribution in [-0.2, 0) is 11.2 Å². The summed E-state index contributed by atoms with van der Waals surface area (Å²) in [6.45, 7) is 0. The molecule has 0 saturated heterocycles. The number of hydrogen-bond donors (Lipinski definition) is 2. The Labute approximate surface area is 113 Å². The molecule has 0 unspecified atom stereocenters. The number of nitrogen functional groups attached to an aromatic ring is 1. The van der Waals surface area contributed by atoms with E-state index in [9.17, 15) is 4.79 Å². The van der Waals surface area contributed by atoms with Crippen LogP contribution in [0.4, 0.5) is 11.5 Å². The number of nitrogens with one attached hydrogen (secondary N) is 1. The largest absolute Gasteiger partial charge is 0.384 e. The number of rotatable bonds is 3. The summed E-state index contributed by atoms with van der Waals surface area (Å²) in [6.07, 6.45) is 1.87. The Kier molecular flexibility index (Phi) is 3.94. The van der Waals surface area contributed by atoms with Gasteiger partial charge in [0, 0.05) is 4.47 Å². The molecule has 1 aromatic carbocycles. The SMILES string of the molecule is Nc1ccc(NC(=O)Cc2ccc(Br)cc2)cn1. The number of amides is 1. The van der Waals surface area contributed by atoms with Gasteiger partial charge in [0.25, 0.3) is 0 Å². The minimum Gasteiger partial charge on any atom is -0.384 e. The molecule has 3 N–H and O–H groups in total. The van der Waals surface area contributed by atoms with Crippen LogP contribution >= 0.6 is 15.9 Å². The first-order valence-electron chi connectivity index (χ1n) is 5.39. The van der Waals surface area contributed by atoms with Gasteiger partial charge in [0.2, 0.25) is 5.91 Å². The van der Waals surface area contributed by atoms with Crippen molar-refractivity contribution in [3.05, 3.63) is 52.6 Å². The van der Waals surface area contributed by atoms with Crippen molar-refractivity contribution in [2.24, 2.45) is 0 Å². The van der Waals surface area contributed by atoms with Crippen molar-refractivity contribution in [1.29, 1.82) is 0 Å². The van der Waals surface area contributed by atoms with Crippen LogP contribution in [0.5, 0.6) is 0 Å². The number of anilines is 2. The zero-order valence-electron chi connectivity index (χ0n) is 9.56. The summed E-state index contributed by atoms with van der Waals surface area (Å²) in [5, 5.41) is 2.76. The molecule has 92 valence electrons. The van der Waals surface area contributed by atoms with Gasteiger partial charge in [-0.15, -0.1) is 0 Å². The number of carbonyl (C=O) groups is 1. The molecular weight excluding hydrogens is 294 g/mol. The molecule has 0 aliphatic rings. The van der Waals surface area contributed by atoms with Crippen molar-refractivity contribution in [2.75, 3.05) is 11.1 Å². The molecule has 1 aromatic heterocycles. The van der Waals surface area contributed by atoms with Crippen LogP contribution in [0.1, 0.15) is 5.56 Å². The van der Waals surface area contributed by atoms with Gasteiger partial charge in [-0.05, 0) is 29.8 Å². The van der Waals surface area contributed by atoms with Crippen LogP contribution in [0.25, 0.3) is 0 Å². The Morgan fingerprint density at radius 3 is 2.56 bits per heavy atom. The Morgan fingerprint density at radius 1 is 1.22 bits per heavy atom. The summed E-state index contributed by atoms with van der Waals surface area (Å²) in [6, 6.07) is 11.0. The molecular formula is C13H12BrN3O. The van der Waals surface area contributed by atoms with E-state index >= 15 is 0 Å². The predicted molar refractivity (Wildman–Crippen MR) is 75.1 cm³/mol. The smallest absolute Gasteiger partial charge is 0.228 e. The Bertz CT molecular complexity index is 488. The second kappa shape index (κ2) is 5.64. The summed E-state index contributed by atoms with van der Waals surface area (Å²) < 4.78 is 0.995. The fourth-order valence-corrected chi connectivity index (χ4v) is 1.74. The summed E-state index contributed by atoms with van der Waals surface area (Å²) in [7, 11) is 0. The molecule has 4 nitrogen and oxygen atoms in total. The third kappa shape index (κ3) is 3.56. The number of aromatic nitrogens is 1. The molecule has 2 rings (SSSR count). The standard InChI is InChI=1S/C13H12BrN3O/c14-10-3-1-9(2-4-10)7-13(18)17-11-5-6-12(15)16-8-11/h1-6,8H,7H2,(H2,15,16)(H,17,18). The highest BCUT2D eigenvalue weighted by Crippen LogP contribution is 2.12. The second-order valence-corrected chi connectivity index (χ2v) is 4.74. The highest BCUT2D eigenvalue weighted by Gasteiger charge is 2.04. The van der Waals surface area contributed by atoms with Gasteiger partial charge in [-0.1, -0.05) is 28.1 Å². The van der Waals surface area contributed by atoms with Crippen molar-refractivity contribution in [2.45, 2.75) is 6.42 Å². The molecule has 0 radical (unpaired) electrons. The quantitative estimate of drug-likeness (QED) is 0.916. The molecule has 1 heterocycles. The lowest BCUT2D eigenvalue weighted by Gasteiger charge is -2.05. The molecule has 0 saturated carbocycles. The Morgan fingerprint density at radius 2 is 1.94 bits per heavy atom. The van der Waals surface area contributed by atoms with Gasteiger partial charge in [-0.2, -0.15) is 0 Å². The second-order valence-electron chi connectivity index (χ2n) is 3.82. The fraction of sp³-hybridized carbons (Fsp3) is 0.0769. The summed E-state index contributed by atoms with van der Waals surface area (Å²) >= 11 is 3.35.